The van der Waals surface area contributed by atoms with Gasteiger partial charge in [0.05, 0.1) is 0 Å². The topological polar surface area (TPSA) is 18.5 Å². The van der Waals surface area contributed by atoms with Crippen molar-refractivity contribution >= 4 is 96.2 Å². The number of thiocarbonyl (C=S) groups is 2. The average molecular weight is 407 g/mol. The van der Waals surface area contributed by atoms with Crippen molar-refractivity contribution in [3.05, 3.63) is 71.8 Å². The van der Waals surface area contributed by atoms with Gasteiger partial charge in [0.25, 0.3) is 0 Å². The first-order valence-corrected chi connectivity index (χ1v) is 7.96. The first-order chi connectivity index (χ1) is 10.6. The van der Waals surface area contributed by atoms with Crippen LogP contribution < -0.4 is 0 Å². The van der Waals surface area contributed by atoms with Gasteiger partial charge in [0.15, 0.2) is 0 Å². The van der Waals surface area contributed by atoms with E-state index in [1.165, 1.54) is 0 Å². The molecular weight excluding hydrogens is 393 g/mol. The van der Waals surface area contributed by atoms with Crippen molar-refractivity contribution in [2.24, 2.45) is 0 Å². The summed E-state index contributed by atoms with van der Waals surface area (Å²) in [6.45, 7) is 0.951. The van der Waals surface area contributed by atoms with Crippen LogP contribution in [0.2, 0.25) is 0 Å². The van der Waals surface area contributed by atoms with Gasteiger partial charge in [0.1, 0.15) is 13.2 Å². The van der Waals surface area contributed by atoms with Gasteiger partial charge in [-0.3, -0.25) is 0 Å². The fraction of sp³-hybridized carbons (Fsp3) is 0.125. The number of rotatable bonds is 4. The molecule has 0 aliphatic heterocycles. The second kappa shape index (κ2) is 14.3. The maximum Gasteiger partial charge on any atom is 2.00 e. The van der Waals surface area contributed by atoms with Gasteiger partial charge in [-0.15, -0.1) is 0 Å². The summed E-state index contributed by atoms with van der Waals surface area (Å²) in [6.07, 6.45) is 0. The van der Waals surface area contributed by atoms with Gasteiger partial charge in [0, 0.05) is 8.77 Å². The van der Waals surface area contributed by atoms with Crippen LogP contribution in [0.15, 0.2) is 60.7 Å². The SMILES string of the molecule is S=C([S-])OCc1ccccc1.S=C([S-])OCc1ccccc1.[Ca+2]. The number of benzene rings is 2. The fourth-order valence-corrected chi connectivity index (χ4v) is 1.67. The van der Waals surface area contributed by atoms with Gasteiger partial charge < -0.3 is 59.2 Å². The maximum absolute atomic E-state index is 4.97. The Kier molecular flexibility index (Phi) is 14.2. The van der Waals surface area contributed by atoms with E-state index in [1.807, 2.05) is 60.7 Å². The van der Waals surface area contributed by atoms with Crippen LogP contribution in [0.3, 0.4) is 0 Å². The molecule has 0 atom stereocenters. The Morgan fingerprint density at radius 2 is 1.00 bits per heavy atom. The van der Waals surface area contributed by atoms with Crippen LogP contribution in [0.4, 0.5) is 0 Å². The molecule has 0 spiro atoms. The normalized spacial score (nSPS) is 8.70. The first kappa shape index (κ1) is 22.9. The monoisotopic (exact) mass is 406 g/mol. The van der Waals surface area contributed by atoms with Crippen molar-refractivity contribution < 1.29 is 9.47 Å². The zero-order valence-electron chi connectivity index (χ0n) is 12.3. The minimum atomic E-state index is 0. The Morgan fingerprint density at radius 3 is 1.26 bits per heavy atom. The van der Waals surface area contributed by atoms with E-state index in [0.717, 1.165) is 11.1 Å². The molecule has 7 heteroatoms. The third-order valence-corrected chi connectivity index (χ3v) is 2.87. The Morgan fingerprint density at radius 1 is 0.696 bits per heavy atom. The van der Waals surface area contributed by atoms with E-state index in [1.54, 1.807) is 0 Å². The van der Waals surface area contributed by atoms with E-state index < -0.39 is 0 Å². The molecule has 0 aliphatic carbocycles. The van der Waals surface area contributed by atoms with E-state index in [4.69, 9.17) is 9.47 Å². The zero-order chi connectivity index (χ0) is 16.2. The largest absolute Gasteiger partial charge is 2.00 e. The molecule has 0 heterocycles. The summed E-state index contributed by atoms with van der Waals surface area (Å²) in [5.41, 5.74) is 2.17. The van der Waals surface area contributed by atoms with Crippen LogP contribution in [0.1, 0.15) is 11.1 Å². The molecule has 2 aromatic rings. The van der Waals surface area contributed by atoms with Crippen LogP contribution in [0.5, 0.6) is 0 Å². The van der Waals surface area contributed by atoms with Crippen LogP contribution in [0, 0.1) is 0 Å². The van der Waals surface area contributed by atoms with Gasteiger partial charge in [-0.2, -0.15) is 0 Å². The van der Waals surface area contributed by atoms with Gasteiger partial charge in [-0.05, 0) is 11.1 Å². The Hall–Kier alpha value is -0.0803. The third kappa shape index (κ3) is 12.9. The molecule has 0 amide bonds. The third-order valence-electron chi connectivity index (χ3n) is 2.40. The standard InChI is InChI=1S/2C8H8OS2.Ca/c2*10-8(11)9-6-7-4-2-1-3-5-7;/h2*1-5H,6H2,(H,10,11);/q;;+2/p-2. The molecule has 23 heavy (non-hydrogen) atoms. The number of hydrogen-bond acceptors (Lipinski definition) is 6. The zero-order valence-corrected chi connectivity index (χ0v) is 17.8. The Balaban J connectivity index is 0.000000403. The van der Waals surface area contributed by atoms with Gasteiger partial charge >= 0.3 is 37.7 Å². The van der Waals surface area contributed by atoms with Gasteiger partial charge in [-0.1, -0.05) is 60.7 Å². The van der Waals surface area contributed by atoms with Crippen molar-refractivity contribution in [1.82, 2.24) is 0 Å². The molecule has 0 fully saturated rings. The quantitative estimate of drug-likeness (QED) is 0.435. The van der Waals surface area contributed by atoms with Crippen molar-refractivity contribution in [2.75, 3.05) is 0 Å². The molecule has 116 valence electrons. The summed E-state index contributed by atoms with van der Waals surface area (Å²) in [5, 5.41) is 0. The molecule has 0 saturated carbocycles. The van der Waals surface area contributed by atoms with Gasteiger partial charge in [0.2, 0.25) is 0 Å². The molecule has 0 aromatic heterocycles. The van der Waals surface area contributed by atoms with Crippen LogP contribution in [-0.4, -0.2) is 46.5 Å². The minimum Gasteiger partial charge on any atom is -0.509 e. The predicted molar refractivity (Wildman–Crippen MR) is 108 cm³/mol. The summed E-state index contributed by atoms with van der Waals surface area (Å²) in [5.74, 6) is 0. The van der Waals surface area contributed by atoms with E-state index in [0.29, 0.717) is 13.2 Å². The molecule has 0 unspecified atom stereocenters. The van der Waals surface area contributed by atoms with Crippen LogP contribution >= 0.6 is 24.4 Å². The molecule has 0 aliphatic rings. The molecular formula is C16H14CaO2S4. The summed E-state index contributed by atoms with van der Waals surface area (Å²) < 4.78 is 10.3. The van der Waals surface area contributed by atoms with Crippen molar-refractivity contribution in [1.29, 1.82) is 0 Å². The van der Waals surface area contributed by atoms with E-state index in [2.05, 4.69) is 49.7 Å². The second-order valence-corrected chi connectivity index (χ2v) is 6.05. The molecule has 0 N–H and O–H groups in total. The molecule has 0 bridgehead atoms. The van der Waals surface area contributed by atoms with Crippen molar-refractivity contribution in [3.63, 3.8) is 0 Å². The number of ether oxygens (including phenoxy) is 2. The molecule has 2 aromatic carbocycles. The van der Waals surface area contributed by atoms with Crippen molar-refractivity contribution in [3.8, 4) is 0 Å². The molecule has 0 radical (unpaired) electrons. The molecule has 2 rings (SSSR count). The smallest absolute Gasteiger partial charge is 0.509 e. The first-order valence-electron chi connectivity index (χ1n) is 6.33. The van der Waals surface area contributed by atoms with Crippen LogP contribution in [-0.2, 0) is 47.9 Å². The summed E-state index contributed by atoms with van der Waals surface area (Å²) in [6, 6.07) is 19.6. The molecule has 0 saturated heterocycles. The summed E-state index contributed by atoms with van der Waals surface area (Å²) in [7, 11) is 0. The van der Waals surface area contributed by atoms with E-state index in [9.17, 15) is 0 Å². The fourth-order valence-electron chi connectivity index (χ4n) is 1.43. The summed E-state index contributed by atoms with van der Waals surface area (Å²) >= 11 is 18.3. The Labute approximate surface area is 188 Å². The Bertz CT molecular complexity index is 526. The van der Waals surface area contributed by atoms with Gasteiger partial charge in [-0.25, -0.2) is 0 Å². The molecule has 2 nitrogen and oxygen atoms in total. The second-order valence-electron chi connectivity index (χ2n) is 4.05. The minimum absolute atomic E-state index is 0. The van der Waals surface area contributed by atoms with Crippen LogP contribution in [0.25, 0.3) is 0 Å². The summed E-state index contributed by atoms with van der Waals surface area (Å²) in [4.78, 5) is 0. The van der Waals surface area contributed by atoms with E-state index in [-0.39, 0.29) is 46.5 Å². The predicted octanol–water partition coefficient (Wildman–Crippen LogP) is 3.69. The van der Waals surface area contributed by atoms with E-state index >= 15 is 0 Å². The average Bonchev–Trinajstić information content (AvgIpc) is 2.53. The number of hydrogen-bond donors (Lipinski definition) is 0. The maximum atomic E-state index is 4.97. The van der Waals surface area contributed by atoms with Crippen molar-refractivity contribution in [2.45, 2.75) is 13.2 Å².